The monoisotopic (exact) mass is 573 g/mol. The van der Waals surface area contributed by atoms with Crippen molar-refractivity contribution in [2.75, 3.05) is 40.0 Å². The van der Waals surface area contributed by atoms with E-state index in [-0.39, 0.29) is 46.8 Å². The fourth-order valence-corrected chi connectivity index (χ4v) is 4.95. The summed E-state index contributed by atoms with van der Waals surface area (Å²) in [7, 11) is 1.58. The minimum absolute atomic E-state index is 0.0302. The van der Waals surface area contributed by atoms with Crippen molar-refractivity contribution in [2.45, 2.75) is 32.3 Å². The standard InChI is InChI=1S/C33H35NO8/c1-22(7-6-10-23-8-4-3-5-9-23)41-30-17-24(11-12-28(30)38-2)29-20-27(36)33-26(35)18-25(19-31(33)42-29)40-21-32(37)34-13-15-39-16-14-34/h3-5,8-9,11-12,17-20,22,35H,6-7,10,13-16,21H2,1-2H3. The number of carbonyl (C=O) groups excluding carboxylic acids is 1. The van der Waals surface area contributed by atoms with Crippen LogP contribution in [0.3, 0.4) is 0 Å². The van der Waals surface area contributed by atoms with Crippen molar-refractivity contribution in [3.63, 3.8) is 0 Å². The maximum atomic E-state index is 13.0. The number of methoxy groups -OCH3 is 1. The first-order valence-electron chi connectivity index (χ1n) is 14.1. The second kappa shape index (κ2) is 13.4. The first-order chi connectivity index (χ1) is 20.4. The molecule has 0 spiro atoms. The van der Waals surface area contributed by atoms with Crippen molar-refractivity contribution in [1.29, 1.82) is 0 Å². The van der Waals surface area contributed by atoms with Gasteiger partial charge in [0.2, 0.25) is 0 Å². The first kappa shape index (κ1) is 29.0. The van der Waals surface area contributed by atoms with E-state index in [9.17, 15) is 14.7 Å². The smallest absolute Gasteiger partial charge is 0.260 e. The molecule has 3 aromatic carbocycles. The number of amides is 1. The van der Waals surface area contributed by atoms with Gasteiger partial charge in [-0.25, -0.2) is 0 Å². The van der Waals surface area contributed by atoms with Crippen LogP contribution in [0.15, 0.2) is 75.9 Å². The Kier molecular flexibility index (Phi) is 9.28. The molecular weight excluding hydrogens is 538 g/mol. The zero-order valence-electron chi connectivity index (χ0n) is 23.8. The average Bonchev–Trinajstić information content (AvgIpc) is 3.00. The Morgan fingerprint density at radius 3 is 2.57 bits per heavy atom. The lowest BCUT2D eigenvalue weighted by molar-refractivity contribution is -0.137. The summed E-state index contributed by atoms with van der Waals surface area (Å²) < 4.78 is 28.8. The summed E-state index contributed by atoms with van der Waals surface area (Å²) in [4.78, 5) is 27.2. The minimum atomic E-state index is -0.410. The van der Waals surface area contributed by atoms with E-state index in [1.54, 1.807) is 30.2 Å². The number of nitrogens with zero attached hydrogens (tertiary/aromatic N) is 1. The molecule has 1 N–H and O–H groups in total. The molecule has 9 heteroatoms. The molecular formula is C33H35NO8. The largest absolute Gasteiger partial charge is 0.507 e. The Labute approximate surface area is 244 Å². The van der Waals surface area contributed by atoms with Crippen LogP contribution in [0.5, 0.6) is 23.0 Å². The van der Waals surface area contributed by atoms with Crippen LogP contribution < -0.4 is 19.6 Å². The van der Waals surface area contributed by atoms with Crippen LogP contribution in [-0.4, -0.2) is 62.0 Å². The quantitative estimate of drug-likeness (QED) is 0.261. The molecule has 42 heavy (non-hydrogen) atoms. The molecule has 1 aliphatic heterocycles. The average molecular weight is 574 g/mol. The fourth-order valence-electron chi connectivity index (χ4n) is 4.95. The summed E-state index contributed by atoms with van der Waals surface area (Å²) >= 11 is 0. The van der Waals surface area contributed by atoms with Crippen LogP contribution in [0.1, 0.15) is 25.3 Å². The van der Waals surface area contributed by atoms with E-state index in [0.29, 0.717) is 43.4 Å². The SMILES string of the molecule is COc1ccc(-c2cc(=O)c3c(O)cc(OCC(=O)N4CCOCC4)cc3o2)cc1OC(C)CCCc1ccccc1. The highest BCUT2D eigenvalue weighted by Gasteiger charge is 2.19. The number of fused-ring (bicyclic) bond motifs is 1. The number of phenols is 1. The van der Waals surface area contributed by atoms with Gasteiger partial charge in [-0.3, -0.25) is 9.59 Å². The number of phenolic OH excluding ortho intramolecular Hbond substituents is 1. The van der Waals surface area contributed by atoms with E-state index in [2.05, 4.69) is 12.1 Å². The van der Waals surface area contributed by atoms with E-state index in [4.69, 9.17) is 23.4 Å². The van der Waals surface area contributed by atoms with E-state index < -0.39 is 5.43 Å². The van der Waals surface area contributed by atoms with Crippen LogP contribution in [0.4, 0.5) is 0 Å². The Hall–Kier alpha value is -4.50. The van der Waals surface area contributed by atoms with Gasteiger partial charge in [-0.05, 0) is 49.9 Å². The Morgan fingerprint density at radius 2 is 1.81 bits per heavy atom. The van der Waals surface area contributed by atoms with Gasteiger partial charge >= 0.3 is 0 Å². The van der Waals surface area contributed by atoms with Gasteiger partial charge in [-0.2, -0.15) is 0 Å². The van der Waals surface area contributed by atoms with E-state index in [1.807, 2.05) is 25.1 Å². The molecule has 9 nitrogen and oxygen atoms in total. The Bertz CT molecular complexity index is 1580. The van der Waals surface area contributed by atoms with E-state index >= 15 is 0 Å². The van der Waals surface area contributed by atoms with Gasteiger partial charge in [0.25, 0.3) is 5.91 Å². The van der Waals surface area contributed by atoms with Gasteiger partial charge in [0, 0.05) is 36.9 Å². The Morgan fingerprint density at radius 1 is 1.02 bits per heavy atom. The summed E-state index contributed by atoms with van der Waals surface area (Å²) in [6.07, 6.45) is 2.72. The normalized spacial score (nSPS) is 14.0. The predicted octanol–water partition coefficient (Wildman–Crippen LogP) is 5.20. The van der Waals surface area contributed by atoms with Crippen molar-refractivity contribution < 1.29 is 33.3 Å². The maximum absolute atomic E-state index is 13.0. The molecule has 1 atom stereocenters. The topological polar surface area (TPSA) is 108 Å². The lowest BCUT2D eigenvalue weighted by atomic mass is 10.1. The third-order valence-electron chi connectivity index (χ3n) is 7.20. The summed E-state index contributed by atoms with van der Waals surface area (Å²) in [5, 5.41) is 10.6. The number of hydrogen-bond acceptors (Lipinski definition) is 8. The molecule has 5 rings (SSSR count). The predicted molar refractivity (Wildman–Crippen MR) is 159 cm³/mol. The molecule has 1 aromatic heterocycles. The molecule has 0 bridgehead atoms. The molecule has 0 saturated carbocycles. The zero-order chi connectivity index (χ0) is 29.5. The highest BCUT2D eigenvalue weighted by Crippen LogP contribution is 2.36. The first-order valence-corrected chi connectivity index (χ1v) is 14.1. The number of ether oxygens (including phenoxy) is 4. The highest BCUT2D eigenvalue weighted by atomic mass is 16.5. The number of carbonyl (C=O) groups is 1. The van der Waals surface area contributed by atoms with Crippen molar-refractivity contribution in [2.24, 2.45) is 0 Å². The molecule has 1 aliphatic rings. The van der Waals surface area contributed by atoms with Gasteiger partial charge < -0.3 is 33.4 Å². The van der Waals surface area contributed by atoms with Crippen molar-refractivity contribution >= 4 is 16.9 Å². The molecule has 1 amide bonds. The van der Waals surface area contributed by atoms with Gasteiger partial charge in [0.05, 0.1) is 26.4 Å². The van der Waals surface area contributed by atoms with Gasteiger partial charge in [-0.1, -0.05) is 30.3 Å². The number of hydrogen-bond donors (Lipinski definition) is 1. The summed E-state index contributed by atoms with van der Waals surface area (Å²) in [5.41, 5.74) is 1.62. The van der Waals surface area contributed by atoms with Gasteiger partial charge in [0.15, 0.2) is 23.5 Å². The molecule has 0 radical (unpaired) electrons. The van der Waals surface area contributed by atoms with Crippen LogP contribution >= 0.6 is 0 Å². The fraction of sp³-hybridized carbons (Fsp3) is 0.333. The second-order valence-electron chi connectivity index (χ2n) is 10.2. The third kappa shape index (κ3) is 7.03. The van der Waals surface area contributed by atoms with E-state index in [1.165, 1.54) is 23.8 Å². The number of morpholine rings is 1. The number of benzene rings is 3. The van der Waals surface area contributed by atoms with Crippen molar-refractivity contribution in [1.82, 2.24) is 4.90 Å². The molecule has 4 aromatic rings. The number of rotatable bonds is 11. The third-order valence-corrected chi connectivity index (χ3v) is 7.20. The minimum Gasteiger partial charge on any atom is -0.507 e. The molecule has 1 unspecified atom stereocenters. The second-order valence-corrected chi connectivity index (χ2v) is 10.2. The molecule has 220 valence electrons. The van der Waals surface area contributed by atoms with Crippen LogP contribution in [0.25, 0.3) is 22.3 Å². The van der Waals surface area contributed by atoms with Crippen LogP contribution in [0.2, 0.25) is 0 Å². The van der Waals surface area contributed by atoms with Crippen LogP contribution in [-0.2, 0) is 16.0 Å². The Balaban J connectivity index is 1.33. The summed E-state index contributed by atoms with van der Waals surface area (Å²) in [6, 6.07) is 19.8. The van der Waals surface area contributed by atoms with E-state index in [0.717, 1.165) is 19.3 Å². The number of aryl methyl sites for hydroxylation is 1. The van der Waals surface area contributed by atoms with Crippen LogP contribution in [0, 0.1) is 0 Å². The lowest BCUT2D eigenvalue weighted by Gasteiger charge is -2.26. The molecule has 1 saturated heterocycles. The molecule has 1 fully saturated rings. The van der Waals surface area contributed by atoms with Gasteiger partial charge in [-0.15, -0.1) is 0 Å². The highest BCUT2D eigenvalue weighted by molar-refractivity contribution is 5.86. The van der Waals surface area contributed by atoms with Crippen molar-refractivity contribution in [3.05, 3.63) is 82.5 Å². The maximum Gasteiger partial charge on any atom is 0.260 e. The summed E-state index contributed by atoms with van der Waals surface area (Å²) in [5.74, 6) is 1.13. The molecule has 2 heterocycles. The number of aromatic hydroxyl groups is 1. The zero-order valence-corrected chi connectivity index (χ0v) is 23.8. The lowest BCUT2D eigenvalue weighted by Crippen LogP contribution is -2.42. The summed E-state index contributed by atoms with van der Waals surface area (Å²) in [6.45, 7) is 3.79. The van der Waals surface area contributed by atoms with Crippen molar-refractivity contribution in [3.8, 4) is 34.3 Å². The molecule has 0 aliphatic carbocycles. The van der Waals surface area contributed by atoms with Gasteiger partial charge in [0.1, 0.15) is 28.2 Å².